The van der Waals surface area contributed by atoms with Crippen LogP contribution >= 0.6 is 12.4 Å². The first-order valence-electron chi connectivity index (χ1n) is 7.92. The van der Waals surface area contributed by atoms with Gasteiger partial charge in [0.05, 0.1) is 5.54 Å². The van der Waals surface area contributed by atoms with Gasteiger partial charge >= 0.3 is 0 Å². The van der Waals surface area contributed by atoms with E-state index in [4.69, 9.17) is 10.3 Å². The standard InChI is InChI=1S/C14H22N6O3S.ClH/c1-10-17-12(9-20(10)2)24(21,22)16-8-5-11-18-13(19-23-11)14(15)6-3-4-7-14;/h9,16H,3-8,15H2,1-2H3;1H. The predicted molar refractivity (Wildman–Crippen MR) is 92.7 cm³/mol. The highest BCUT2D eigenvalue weighted by atomic mass is 35.5. The van der Waals surface area contributed by atoms with Gasteiger partial charge in [-0.15, -0.1) is 12.4 Å². The Hall–Kier alpha value is -1.49. The van der Waals surface area contributed by atoms with Crippen molar-refractivity contribution in [3.05, 3.63) is 23.7 Å². The third-order valence-corrected chi connectivity index (χ3v) is 5.73. The molecule has 0 atom stereocenters. The molecule has 140 valence electrons. The average molecular weight is 391 g/mol. The highest BCUT2D eigenvalue weighted by molar-refractivity contribution is 7.89. The first kappa shape index (κ1) is 19.8. The second kappa shape index (κ2) is 7.40. The fourth-order valence-electron chi connectivity index (χ4n) is 2.81. The number of hydrogen-bond donors (Lipinski definition) is 2. The first-order chi connectivity index (χ1) is 11.3. The lowest BCUT2D eigenvalue weighted by Crippen LogP contribution is -2.34. The zero-order valence-corrected chi connectivity index (χ0v) is 15.9. The molecule has 2 heterocycles. The van der Waals surface area contributed by atoms with Gasteiger partial charge < -0.3 is 14.8 Å². The summed E-state index contributed by atoms with van der Waals surface area (Å²) in [5.41, 5.74) is 5.77. The summed E-state index contributed by atoms with van der Waals surface area (Å²) in [6.07, 6.45) is 5.58. The van der Waals surface area contributed by atoms with Gasteiger partial charge in [-0.05, 0) is 19.8 Å². The molecule has 3 rings (SSSR count). The van der Waals surface area contributed by atoms with Crippen LogP contribution in [-0.2, 0) is 29.0 Å². The van der Waals surface area contributed by atoms with Crippen molar-refractivity contribution in [3.8, 4) is 0 Å². The Bertz CT molecular complexity index is 806. The van der Waals surface area contributed by atoms with E-state index in [1.807, 2.05) is 0 Å². The smallest absolute Gasteiger partial charge is 0.259 e. The minimum atomic E-state index is -3.65. The van der Waals surface area contributed by atoms with Crippen molar-refractivity contribution in [3.63, 3.8) is 0 Å². The normalized spacial score (nSPS) is 16.8. The average Bonchev–Trinajstić information content (AvgIpc) is 3.22. The number of hydrogen-bond acceptors (Lipinski definition) is 7. The Kier molecular flexibility index (Phi) is 5.87. The summed E-state index contributed by atoms with van der Waals surface area (Å²) in [6, 6.07) is 0. The molecule has 0 unspecified atom stereocenters. The molecule has 1 saturated carbocycles. The van der Waals surface area contributed by atoms with Gasteiger partial charge in [0.1, 0.15) is 5.82 Å². The third kappa shape index (κ3) is 4.20. The number of aromatic nitrogens is 4. The predicted octanol–water partition coefficient (Wildman–Crippen LogP) is 0.782. The van der Waals surface area contributed by atoms with E-state index in [0.717, 1.165) is 25.7 Å². The molecule has 0 aliphatic heterocycles. The van der Waals surface area contributed by atoms with Crippen molar-refractivity contribution in [2.24, 2.45) is 12.8 Å². The summed E-state index contributed by atoms with van der Waals surface area (Å²) in [6.45, 7) is 1.89. The summed E-state index contributed by atoms with van der Waals surface area (Å²) in [7, 11) is -1.91. The molecular formula is C14H23ClN6O3S. The lowest BCUT2D eigenvalue weighted by Gasteiger charge is -2.17. The molecule has 0 spiro atoms. The van der Waals surface area contributed by atoms with Crippen LogP contribution in [0.15, 0.2) is 15.7 Å². The van der Waals surface area contributed by atoms with E-state index in [1.54, 1.807) is 18.5 Å². The van der Waals surface area contributed by atoms with Crippen LogP contribution in [0.25, 0.3) is 0 Å². The molecule has 1 fully saturated rings. The maximum atomic E-state index is 12.2. The molecule has 9 nitrogen and oxygen atoms in total. The summed E-state index contributed by atoms with van der Waals surface area (Å²) < 4.78 is 33.7. The molecule has 0 bridgehead atoms. The fraction of sp³-hybridized carbons (Fsp3) is 0.643. The van der Waals surface area contributed by atoms with Crippen LogP contribution in [0.3, 0.4) is 0 Å². The number of rotatable bonds is 6. The molecule has 0 radical (unpaired) electrons. The van der Waals surface area contributed by atoms with E-state index in [9.17, 15) is 8.42 Å². The number of imidazole rings is 1. The Morgan fingerprint density at radius 2 is 2.04 bits per heavy atom. The van der Waals surface area contributed by atoms with Crippen LogP contribution in [0, 0.1) is 6.92 Å². The Morgan fingerprint density at radius 3 is 2.64 bits per heavy atom. The molecule has 2 aromatic rings. The molecule has 2 aromatic heterocycles. The van der Waals surface area contributed by atoms with E-state index in [2.05, 4.69) is 19.8 Å². The Labute approximate surface area is 152 Å². The van der Waals surface area contributed by atoms with E-state index in [1.165, 1.54) is 6.20 Å². The monoisotopic (exact) mass is 390 g/mol. The number of sulfonamides is 1. The van der Waals surface area contributed by atoms with Crippen molar-refractivity contribution in [2.75, 3.05) is 6.54 Å². The second-order valence-corrected chi connectivity index (χ2v) is 7.97. The molecule has 25 heavy (non-hydrogen) atoms. The van der Waals surface area contributed by atoms with Gasteiger partial charge in [-0.1, -0.05) is 18.0 Å². The molecule has 0 saturated heterocycles. The zero-order valence-electron chi connectivity index (χ0n) is 14.2. The molecule has 1 aliphatic carbocycles. The van der Waals surface area contributed by atoms with E-state index >= 15 is 0 Å². The molecular weight excluding hydrogens is 368 g/mol. The van der Waals surface area contributed by atoms with Crippen molar-refractivity contribution >= 4 is 22.4 Å². The van der Waals surface area contributed by atoms with Crippen LogP contribution in [0.5, 0.6) is 0 Å². The van der Waals surface area contributed by atoms with Gasteiger partial charge in [0.2, 0.25) is 5.89 Å². The van der Waals surface area contributed by atoms with Gasteiger partial charge in [-0.3, -0.25) is 0 Å². The van der Waals surface area contributed by atoms with E-state index in [-0.39, 0.29) is 24.0 Å². The number of nitrogens with one attached hydrogen (secondary N) is 1. The second-order valence-electron chi connectivity index (χ2n) is 6.26. The van der Waals surface area contributed by atoms with Gasteiger partial charge in [-0.25, -0.2) is 18.1 Å². The van der Waals surface area contributed by atoms with Gasteiger partial charge in [-0.2, -0.15) is 4.98 Å². The lowest BCUT2D eigenvalue weighted by atomic mass is 9.99. The van der Waals surface area contributed by atoms with Crippen molar-refractivity contribution in [1.82, 2.24) is 24.4 Å². The first-order valence-corrected chi connectivity index (χ1v) is 9.40. The maximum absolute atomic E-state index is 12.2. The largest absolute Gasteiger partial charge is 0.339 e. The number of aryl methyl sites for hydroxylation is 2. The van der Waals surface area contributed by atoms with Gasteiger partial charge in [0.15, 0.2) is 10.9 Å². The van der Waals surface area contributed by atoms with Gasteiger partial charge in [0.25, 0.3) is 10.0 Å². The fourth-order valence-corrected chi connectivity index (χ4v) is 3.88. The lowest BCUT2D eigenvalue weighted by molar-refractivity contribution is 0.348. The SMILES string of the molecule is Cc1nc(S(=O)(=O)NCCc2nc(C3(N)CCCC3)no2)cn1C.Cl. The highest BCUT2D eigenvalue weighted by Gasteiger charge is 2.35. The molecule has 1 aliphatic rings. The molecule has 0 aromatic carbocycles. The van der Waals surface area contributed by atoms with Gasteiger partial charge in [0, 0.05) is 26.2 Å². The van der Waals surface area contributed by atoms with Crippen molar-refractivity contribution < 1.29 is 12.9 Å². The third-order valence-electron chi connectivity index (χ3n) is 4.40. The number of nitrogens with zero attached hydrogens (tertiary/aromatic N) is 4. The summed E-state index contributed by atoms with van der Waals surface area (Å²) in [4.78, 5) is 8.33. The summed E-state index contributed by atoms with van der Waals surface area (Å²) in [5.74, 6) is 1.52. The van der Waals surface area contributed by atoms with Crippen molar-refractivity contribution in [2.45, 2.75) is 49.6 Å². The van der Waals surface area contributed by atoms with Crippen LogP contribution in [0.2, 0.25) is 0 Å². The van der Waals surface area contributed by atoms with Crippen LogP contribution < -0.4 is 10.5 Å². The van der Waals surface area contributed by atoms with Crippen LogP contribution in [-0.4, -0.2) is 34.7 Å². The van der Waals surface area contributed by atoms with Crippen LogP contribution in [0.4, 0.5) is 0 Å². The topological polar surface area (TPSA) is 129 Å². The Balaban J connectivity index is 0.00000225. The van der Waals surface area contributed by atoms with E-state index in [0.29, 0.717) is 24.0 Å². The van der Waals surface area contributed by atoms with E-state index < -0.39 is 15.6 Å². The number of nitrogens with two attached hydrogens (primary N) is 1. The van der Waals surface area contributed by atoms with Crippen molar-refractivity contribution in [1.29, 1.82) is 0 Å². The summed E-state index contributed by atoms with van der Waals surface area (Å²) >= 11 is 0. The minimum Gasteiger partial charge on any atom is -0.339 e. The number of halogens is 1. The minimum absolute atomic E-state index is 0. The maximum Gasteiger partial charge on any atom is 0.259 e. The molecule has 0 amide bonds. The highest BCUT2D eigenvalue weighted by Crippen LogP contribution is 2.34. The molecule has 3 N–H and O–H groups in total. The quantitative estimate of drug-likeness (QED) is 0.745. The molecule has 11 heteroatoms. The van der Waals surface area contributed by atoms with Crippen LogP contribution in [0.1, 0.15) is 43.2 Å². The Morgan fingerprint density at radius 1 is 1.36 bits per heavy atom. The zero-order chi connectivity index (χ0) is 17.4. The summed E-state index contributed by atoms with van der Waals surface area (Å²) in [5, 5.41) is 3.95.